The summed E-state index contributed by atoms with van der Waals surface area (Å²) in [6.45, 7) is 2.27. The summed E-state index contributed by atoms with van der Waals surface area (Å²) in [5.41, 5.74) is 2.32. The van der Waals surface area contributed by atoms with Crippen LogP contribution in [0.2, 0.25) is 0 Å². The van der Waals surface area contributed by atoms with Crippen LogP contribution in [0.1, 0.15) is 11.3 Å². The Labute approximate surface area is 167 Å². The molecular weight excluding hydrogens is 377 g/mol. The third-order valence-electron chi connectivity index (χ3n) is 3.89. The van der Waals surface area contributed by atoms with Gasteiger partial charge in [-0.3, -0.25) is 4.79 Å². The third-order valence-corrected chi connectivity index (χ3v) is 4.80. The number of aromatic nitrogens is 2. The maximum atomic E-state index is 13.5. The molecule has 0 aliphatic rings. The number of carbonyl (C=O) groups excluding carboxylic acids is 1. The summed E-state index contributed by atoms with van der Waals surface area (Å²) in [7, 11) is 1.61. The number of carbonyl (C=O) groups is 1. The molecule has 0 bridgehead atoms. The van der Waals surface area contributed by atoms with Gasteiger partial charge in [0.1, 0.15) is 16.6 Å². The average molecular weight is 397 g/mol. The van der Waals surface area contributed by atoms with Crippen molar-refractivity contribution in [3.8, 4) is 17.1 Å². The molecule has 144 valence electrons. The first kappa shape index (κ1) is 19.8. The molecule has 0 unspecified atom stereocenters. The second-order valence-corrected chi connectivity index (χ2v) is 7.09. The van der Waals surface area contributed by atoms with E-state index in [1.54, 1.807) is 19.2 Å². The number of aryl methyl sites for hydroxylation is 1. The van der Waals surface area contributed by atoms with Crippen LogP contribution in [0.25, 0.3) is 11.4 Å². The van der Waals surface area contributed by atoms with Crippen LogP contribution < -0.4 is 10.1 Å². The number of rotatable bonds is 7. The van der Waals surface area contributed by atoms with E-state index in [1.165, 1.54) is 23.9 Å². The Morgan fingerprint density at radius 3 is 2.75 bits per heavy atom. The summed E-state index contributed by atoms with van der Waals surface area (Å²) in [6.07, 6.45) is 0. The largest absolute Gasteiger partial charge is 0.497 e. The molecule has 0 fully saturated rings. The number of methoxy groups -OCH3 is 1. The Balaban J connectivity index is 1.60. The van der Waals surface area contributed by atoms with Crippen molar-refractivity contribution in [3.05, 3.63) is 71.7 Å². The fourth-order valence-electron chi connectivity index (χ4n) is 2.54. The zero-order chi connectivity index (χ0) is 19.9. The molecule has 7 heteroatoms. The SMILES string of the molecule is COc1cccc(CNC(=O)CSc2cc(C)nc(-c3cccc(F)c3)n2)c1. The molecule has 2 aromatic carbocycles. The van der Waals surface area contributed by atoms with Gasteiger partial charge in [0.15, 0.2) is 5.82 Å². The standard InChI is InChI=1S/C21H20FN3O2S/c1-14-9-20(25-21(24-14)16-6-4-7-17(22)11-16)28-13-19(26)23-12-15-5-3-8-18(10-15)27-2/h3-11H,12-13H2,1-2H3,(H,23,26). The van der Waals surface area contributed by atoms with Crippen LogP contribution in [0.4, 0.5) is 4.39 Å². The Morgan fingerprint density at radius 2 is 1.96 bits per heavy atom. The molecule has 0 aliphatic heterocycles. The van der Waals surface area contributed by atoms with Gasteiger partial charge in [-0.15, -0.1) is 0 Å². The molecule has 1 N–H and O–H groups in total. The van der Waals surface area contributed by atoms with Gasteiger partial charge in [0.2, 0.25) is 5.91 Å². The summed E-state index contributed by atoms with van der Waals surface area (Å²) < 4.78 is 18.6. The first-order valence-electron chi connectivity index (χ1n) is 8.67. The number of amides is 1. The molecule has 3 rings (SSSR count). The van der Waals surface area contributed by atoms with Crippen molar-refractivity contribution in [3.63, 3.8) is 0 Å². The second-order valence-electron chi connectivity index (χ2n) is 6.10. The first-order valence-corrected chi connectivity index (χ1v) is 9.66. The van der Waals surface area contributed by atoms with Crippen LogP contribution in [-0.4, -0.2) is 28.7 Å². The number of ether oxygens (including phenoxy) is 1. The van der Waals surface area contributed by atoms with Gasteiger partial charge in [0, 0.05) is 17.8 Å². The number of hydrogen-bond donors (Lipinski definition) is 1. The van der Waals surface area contributed by atoms with Gasteiger partial charge in [0.25, 0.3) is 0 Å². The molecule has 0 atom stereocenters. The predicted octanol–water partition coefficient (Wildman–Crippen LogP) is 4.01. The maximum absolute atomic E-state index is 13.5. The van der Waals surface area contributed by atoms with Crippen molar-refractivity contribution in [1.82, 2.24) is 15.3 Å². The van der Waals surface area contributed by atoms with Gasteiger partial charge >= 0.3 is 0 Å². The summed E-state index contributed by atoms with van der Waals surface area (Å²) in [4.78, 5) is 21.0. The number of benzene rings is 2. The quantitative estimate of drug-likeness (QED) is 0.482. The van der Waals surface area contributed by atoms with Crippen molar-refractivity contribution in [1.29, 1.82) is 0 Å². The molecule has 3 aromatic rings. The lowest BCUT2D eigenvalue weighted by Crippen LogP contribution is -2.24. The van der Waals surface area contributed by atoms with Gasteiger partial charge in [-0.25, -0.2) is 14.4 Å². The van der Waals surface area contributed by atoms with E-state index in [-0.39, 0.29) is 17.5 Å². The zero-order valence-electron chi connectivity index (χ0n) is 15.6. The van der Waals surface area contributed by atoms with Crippen LogP contribution in [0.5, 0.6) is 5.75 Å². The number of hydrogen-bond acceptors (Lipinski definition) is 5. The number of thioether (sulfide) groups is 1. The van der Waals surface area contributed by atoms with E-state index >= 15 is 0 Å². The summed E-state index contributed by atoms with van der Waals surface area (Å²) in [6, 6.07) is 15.5. The summed E-state index contributed by atoms with van der Waals surface area (Å²) in [5.74, 6) is 0.981. The number of halogens is 1. The Kier molecular flexibility index (Phi) is 6.60. The minimum Gasteiger partial charge on any atom is -0.497 e. The van der Waals surface area contributed by atoms with Gasteiger partial charge in [-0.05, 0) is 42.8 Å². The van der Waals surface area contributed by atoms with E-state index in [9.17, 15) is 9.18 Å². The Morgan fingerprint density at radius 1 is 1.14 bits per heavy atom. The summed E-state index contributed by atoms with van der Waals surface area (Å²) in [5, 5.41) is 3.55. The van der Waals surface area contributed by atoms with E-state index in [1.807, 2.05) is 37.3 Å². The van der Waals surface area contributed by atoms with Crippen LogP contribution >= 0.6 is 11.8 Å². The predicted molar refractivity (Wildman–Crippen MR) is 108 cm³/mol. The highest BCUT2D eigenvalue weighted by Gasteiger charge is 2.09. The second kappa shape index (κ2) is 9.32. The molecule has 0 aliphatic carbocycles. The lowest BCUT2D eigenvalue weighted by Gasteiger charge is -2.08. The molecular formula is C21H20FN3O2S. The maximum Gasteiger partial charge on any atom is 0.230 e. The smallest absolute Gasteiger partial charge is 0.230 e. The molecule has 28 heavy (non-hydrogen) atoms. The van der Waals surface area contributed by atoms with Crippen LogP contribution in [-0.2, 0) is 11.3 Å². The number of nitrogens with one attached hydrogen (secondary N) is 1. The van der Waals surface area contributed by atoms with Gasteiger partial charge in [0.05, 0.1) is 12.9 Å². The van der Waals surface area contributed by atoms with Gasteiger partial charge in [-0.2, -0.15) is 0 Å². The van der Waals surface area contributed by atoms with Crippen LogP contribution in [0.3, 0.4) is 0 Å². The Hall–Kier alpha value is -2.93. The van der Waals surface area contributed by atoms with Crippen molar-refractivity contribution in [2.45, 2.75) is 18.5 Å². The highest BCUT2D eigenvalue weighted by Crippen LogP contribution is 2.22. The fourth-order valence-corrected chi connectivity index (χ4v) is 3.33. The topological polar surface area (TPSA) is 64.1 Å². The van der Waals surface area contributed by atoms with E-state index in [0.717, 1.165) is 17.0 Å². The van der Waals surface area contributed by atoms with Crippen LogP contribution in [0.15, 0.2) is 59.6 Å². The van der Waals surface area contributed by atoms with E-state index < -0.39 is 0 Å². The van der Waals surface area contributed by atoms with E-state index in [2.05, 4.69) is 15.3 Å². The van der Waals surface area contributed by atoms with Crippen LogP contribution in [0, 0.1) is 12.7 Å². The molecule has 1 heterocycles. The van der Waals surface area contributed by atoms with Crippen molar-refractivity contribution >= 4 is 17.7 Å². The minimum atomic E-state index is -0.339. The molecule has 5 nitrogen and oxygen atoms in total. The van der Waals surface area contributed by atoms with E-state index in [4.69, 9.17) is 4.74 Å². The Bertz CT molecular complexity index is 981. The highest BCUT2D eigenvalue weighted by atomic mass is 32.2. The highest BCUT2D eigenvalue weighted by molar-refractivity contribution is 7.99. The first-order chi connectivity index (χ1) is 13.5. The van der Waals surface area contributed by atoms with Crippen molar-refractivity contribution in [2.24, 2.45) is 0 Å². The lowest BCUT2D eigenvalue weighted by atomic mass is 10.2. The van der Waals surface area contributed by atoms with Crippen molar-refractivity contribution < 1.29 is 13.9 Å². The molecule has 0 spiro atoms. The molecule has 0 saturated carbocycles. The van der Waals surface area contributed by atoms with Crippen molar-refractivity contribution in [2.75, 3.05) is 12.9 Å². The van der Waals surface area contributed by atoms with E-state index in [0.29, 0.717) is 23.0 Å². The minimum absolute atomic E-state index is 0.101. The monoisotopic (exact) mass is 397 g/mol. The molecule has 1 aromatic heterocycles. The van der Waals surface area contributed by atoms with Gasteiger partial charge < -0.3 is 10.1 Å². The number of nitrogens with zero attached hydrogens (tertiary/aromatic N) is 2. The normalized spacial score (nSPS) is 10.5. The third kappa shape index (κ3) is 5.53. The van der Waals surface area contributed by atoms with Gasteiger partial charge in [-0.1, -0.05) is 36.0 Å². The zero-order valence-corrected chi connectivity index (χ0v) is 16.4. The molecule has 0 saturated heterocycles. The lowest BCUT2D eigenvalue weighted by molar-refractivity contribution is -0.118. The molecule has 1 amide bonds. The summed E-state index contributed by atoms with van der Waals surface area (Å²) >= 11 is 1.32. The molecule has 0 radical (unpaired) electrons. The average Bonchev–Trinajstić information content (AvgIpc) is 2.70. The fraction of sp³-hybridized carbons (Fsp3) is 0.190.